The fourth-order valence-electron chi connectivity index (χ4n) is 3.09. The number of aliphatic hydroxyl groups excluding tert-OH is 1. The van der Waals surface area contributed by atoms with Gasteiger partial charge in [0.2, 0.25) is 0 Å². The molecule has 2 atom stereocenters. The number of nitrogens with zero attached hydrogens (tertiary/aromatic N) is 3. The average Bonchev–Trinajstić information content (AvgIpc) is 3.05. The minimum Gasteiger partial charge on any atom is -0.393 e. The summed E-state index contributed by atoms with van der Waals surface area (Å²) >= 11 is 2.32. The maximum Gasteiger partial charge on any atom is 0.161 e. The van der Waals surface area contributed by atoms with E-state index < -0.39 is 8.07 Å². The van der Waals surface area contributed by atoms with Crippen molar-refractivity contribution >= 4 is 41.8 Å². The normalized spacial score (nSPS) is 21.7. The van der Waals surface area contributed by atoms with Crippen LogP contribution in [0.3, 0.4) is 0 Å². The first kappa shape index (κ1) is 18.3. The summed E-state index contributed by atoms with van der Waals surface area (Å²) in [5.41, 5.74) is 2.81. The Balaban J connectivity index is 1.72. The molecule has 1 aliphatic carbocycles. The largest absolute Gasteiger partial charge is 0.393 e. The number of hydrogen-bond acceptors (Lipinski definition) is 4. The molecule has 1 aliphatic rings. The van der Waals surface area contributed by atoms with E-state index >= 15 is 0 Å². The predicted molar refractivity (Wildman–Crippen MR) is 107 cm³/mol. The zero-order valence-electron chi connectivity index (χ0n) is 14.6. The molecule has 1 N–H and O–H groups in total. The molecule has 1 saturated carbocycles. The number of aromatic nitrogens is 3. The van der Waals surface area contributed by atoms with E-state index in [0.717, 1.165) is 46.4 Å². The maximum absolute atomic E-state index is 9.73. The van der Waals surface area contributed by atoms with Crippen molar-refractivity contribution in [1.29, 1.82) is 0 Å². The molecule has 0 saturated heterocycles. The van der Waals surface area contributed by atoms with Gasteiger partial charge in [-0.25, -0.2) is 9.97 Å². The number of ether oxygens (including phenoxy) is 1. The van der Waals surface area contributed by atoms with Crippen LogP contribution in [0.4, 0.5) is 0 Å². The van der Waals surface area contributed by atoms with E-state index in [-0.39, 0.29) is 6.10 Å². The maximum atomic E-state index is 9.73. The molecule has 2 heterocycles. The standard InChI is InChI=1S/C17H26IN3O2Si/c1-24(2,3)7-6-23-11-21-16(18)9-14-17(21)19-10-15(20-14)12-4-5-13(22)8-12/h9-10,12-13,22H,4-8,11H2,1-3H3. The molecule has 7 heteroatoms. The summed E-state index contributed by atoms with van der Waals surface area (Å²) in [6, 6.07) is 3.24. The van der Waals surface area contributed by atoms with Crippen LogP contribution in [0.1, 0.15) is 30.9 Å². The molecule has 132 valence electrons. The van der Waals surface area contributed by atoms with Gasteiger partial charge in [-0.15, -0.1) is 0 Å². The van der Waals surface area contributed by atoms with E-state index in [0.29, 0.717) is 12.6 Å². The van der Waals surface area contributed by atoms with Gasteiger partial charge in [0.25, 0.3) is 0 Å². The van der Waals surface area contributed by atoms with Gasteiger partial charge in [-0.05, 0) is 54.0 Å². The molecule has 5 nitrogen and oxygen atoms in total. The summed E-state index contributed by atoms with van der Waals surface area (Å²) < 4.78 is 9.06. The Morgan fingerprint density at radius 3 is 2.83 bits per heavy atom. The van der Waals surface area contributed by atoms with E-state index in [1.807, 2.05) is 6.20 Å². The summed E-state index contributed by atoms with van der Waals surface area (Å²) in [4.78, 5) is 9.43. The third kappa shape index (κ3) is 4.36. The van der Waals surface area contributed by atoms with Crippen molar-refractivity contribution in [2.24, 2.45) is 0 Å². The second-order valence-corrected chi connectivity index (χ2v) is 14.6. The third-order valence-electron chi connectivity index (χ3n) is 4.61. The molecule has 0 aliphatic heterocycles. The van der Waals surface area contributed by atoms with Gasteiger partial charge in [0.05, 0.1) is 21.7 Å². The number of halogens is 1. The zero-order valence-corrected chi connectivity index (χ0v) is 17.8. The Kier molecular flexibility index (Phi) is 5.63. The van der Waals surface area contributed by atoms with Gasteiger partial charge >= 0.3 is 0 Å². The minimum absolute atomic E-state index is 0.183. The van der Waals surface area contributed by atoms with Crippen LogP contribution in [-0.4, -0.2) is 40.4 Å². The number of rotatable bonds is 6. The van der Waals surface area contributed by atoms with Crippen molar-refractivity contribution in [1.82, 2.24) is 14.5 Å². The van der Waals surface area contributed by atoms with Crippen molar-refractivity contribution < 1.29 is 9.84 Å². The monoisotopic (exact) mass is 459 g/mol. The summed E-state index contributed by atoms with van der Waals surface area (Å²) in [6.07, 6.45) is 4.36. The fourth-order valence-corrected chi connectivity index (χ4v) is 4.51. The van der Waals surface area contributed by atoms with E-state index in [9.17, 15) is 5.11 Å². The molecular weight excluding hydrogens is 433 g/mol. The van der Waals surface area contributed by atoms with E-state index in [4.69, 9.17) is 9.72 Å². The molecule has 0 aromatic carbocycles. The zero-order chi connectivity index (χ0) is 17.3. The Labute approximate surface area is 158 Å². The Morgan fingerprint density at radius 1 is 1.38 bits per heavy atom. The lowest BCUT2D eigenvalue weighted by atomic mass is 10.0. The van der Waals surface area contributed by atoms with E-state index in [2.05, 4.69) is 57.8 Å². The van der Waals surface area contributed by atoms with E-state index in [1.165, 1.54) is 6.04 Å². The lowest BCUT2D eigenvalue weighted by molar-refractivity contribution is 0.0883. The van der Waals surface area contributed by atoms with Crippen LogP contribution in [0.2, 0.25) is 25.7 Å². The molecule has 2 aromatic heterocycles. The highest BCUT2D eigenvalue weighted by Crippen LogP contribution is 2.34. The quantitative estimate of drug-likeness (QED) is 0.404. The molecule has 0 spiro atoms. The molecule has 1 fully saturated rings. The average molecular weight is 459 g/mol. The van der Waals surface area contributed by atoms with Gasteiger partial charge in [0, 0.05) is 20.6 Å². The second kappa shape index (κ2) is 7.39. The minimum atomic E-state index is -1.06. The van der Waals surface area contributed by atoms with Crippen molar-refractivity contribution in [3.8, 4) is 0 Å². The Hall–Kier alpha value is -0.513. The molecule has 0 amide bonds. The van der Waals surface area contributed by atoms with Gasteiger partial charge in [-0.2, -0.15) is 0 Å². The topological polar surface area (TPSA) is 60.2 Å². The molecule has 2 aromatic rings. The summed E-state index contributed by atoms with van der Waals surface area (Å²) in [5, 5.41) is 9.73. The summed E-state index contributed by atoms with van der Waals surface area (Å²) in [6.45, 7) is 8.41. The molecule has 0 bridgehead atoms. The molecule has 24 heavy (non-hydrogen) atoms. The van der Waals surface area contributed by atoms with Crippen LogP contribution in [0, 0.1) is 3.70 Å². The molecule has 0 radical (unpaired) electrons. The van der Waals surface area contributed by atoms with Crippen LogP contribution in [0.15, 0.2) is 12.3 Å². The van der Waals surface area contributed by atoms with Crippen molar-refractivity contribution in [3.05, 3.63) is 21.7 Å². The molecular formula is C17H26IN3O2Si. The van der Waals surface area contributed by atoms with Crippen molar-refractivity contribution in [2.75, 3.05) is 6.61 Å². The van der Waals surface area contributed by atoms with Gasteiger partial charge in [-0.3, -0.25) is 4.57 Å². The predicted octanol–water partition coefficient (Wildman–Crippen LogP) is 3.98. The highest BCUT2D eigenvalue weighted by atomic mass is 127. The molecule has 2 unspecified atom stereocenters. The van der Waals surface area contributed by atoms with Gasteiger partial charge in [0.15, 0.2) is 5.65 Å². The third-order valence-corrected chi connectivity index (χ3v) is 7.20. The molecule has 3 rings (SSSR count). The van der Waals surface area contributed by atoms with Crippen LogP contribution >= 0.6 is 22.6 Å². The van der Waals surface area contributed by atoms with Crippen LogP contribution in [-0.2, 0) is 11.5 Å². The fraction of sp³-hybridized carbons (Fsp3) is 0.647. The van der Waals surface area contributed by atoms with Crippen molar-refractivity contribution in [2.45, 2.75) is 63.7 Å². The number of fused-ring (bicyclic) bond motifs is 1. The van der Waals surface area contributed by atoms with Gasteiger partial charge in [0.1, 0.15) is 12.2 Å². The first-order valence-corrected chi connectivity index (χ1v) is 13.4. The van der Waals surface area contributed by atoms with E-state index in [1.54, 1.807) is 0 Å². The lowest BCUT2D eigenvalue weighted by Gasteiger charge is -2.16. The van der Waals surface area contributed by atoms with Crippen LogP contribution in [0.5, 0.6) is 0 Å². The first-order valence-electron chi connectivity index (χ1n) is 8.61. The number of aliphatic hydroxyl groups is 1. The Morgan fingerprint density at radius 2 is 2.17 bits per heavy atom. The SMILES string of the molecule is C[Si](C)(C)CCOCn1c(I)cc2nc(C3CCC(O)C3)cnc21. The number of hydrogen-bond donors (Lipinski definition) is 1. The van der Waals surface area contributed by atoms with Crippen molar-refractivity contribution in [3.63, 3.8) is 0 Å². The highest BCUT2D eigenvalue weighted by Gasteiger charge is 2.26. The Bertz CT molecular complexity index is 714. The van der Waals surface area contributed by atoms with Crippen LogP contribution in [0.25, 0.3) is 11.2 Å². The first-order chi connectivity index (χ1) is 11.3. The summed E-state index contributed by atoms with van der Waals surface area (Å²) in [5.74, 6) is 0.339. The van der Waals surface area contributed by atoms with Crippen LogP contribution < -0.4 is 0 Å². The smallest absolute Gasteiger partial charge is 0.161 e. The summed E-state index contributed by atoms with van der Waals surface area (Å²) in [7, 11) is -1.06. The second-order valence-electron chi connectivity index (χ2n) is 7.91. The van der Waals surface area contributed by atoms with Gasteiger partial charge in [-0.1, -0.05) is 19.6 Å². The highest BCUT2D eigenvalue weighted by molar-refractivity contribution is 14.1. The van der Waals surface area contributed by atoms with Gasteiger partial charge < -0.3 is 9.84 Å². The lowest BCUT2D eigenvalue weighted by Crippen LogP contribution is -2.22.